The van der Waals surface area contributed by atoms with E-state index in [1.165, 1.54) is 18.3 Å². The molecule has 11 heteroatoms. The predicted molar refractivity (Wildman–Crippen MR) is 128 cm³/mol. The number of benzene rings is 1. The standard InChI is InChI=1S/C23H25N3O6S2/c27-21(28)14-33-17-7-12-20(24-13-17)25-23(29)22(26-32-16-3-1-2-4-16)15-5-8-18(9-6-15)34(30,31)19-10-11-19/h5-9,12-13,16,19H,1-4,10-11,14H2,(H,27,28)(H,24,25,29). The van der Waals surface area contributed by atoms with Gasteiger partial charge in [0.2, 0.25) is 0 Å². The maximum atomic E-state index is 13.1. The van der Waals surface area contributed by atoms with Crippen molar-refractivity contribution in [2.45, 2.75) is 59.7 Å². The molecule has 2 aliphatic rings. The summed E-state index contributed by atoms with van der Waals surface area (Å²) in [6, 6.07) is 9.35. The quantitative estimate of drug-likeness (QED) is 0.286. The van der Waals surface area contributed by atoms with Gasteiger partial charge in [-0.1, -0.05) is 17.3 Å². The van der Waals surface area contributed by atoms with Gasteiger partial charge in [0.15, 0.2) is 15.5 Å². The van der Waals surface area contributed by atoms with Gasteiger partial charge >= 0.3 is 5.97 Å². The van der Waals surface area contributed by atoms with Crippen molar-refractivity contribution in [1.29, 1.82) is 0 Å². The van der Waals surface area contributed by atoms with Gasteiger partial charge in [0.25, 0.3) is 5.91 Å². The number of hydrogen-bond donors (Lipinski definition) is 2. The zero-order valence-electron chi connectivity index (χ0n) is 18.3. The van der Waals surface area contributed by atoms with E-state index in [0.717, 1.165) is 37.4 Å². The Morgan fingerprint density at radius 2 is 1.79 bits per heavy atom. The second kappa shape index (κ2) is 10.6. The zero-order chi connectivity index (χ0) is 24.1. The summed E-state index contributed by atoms with van der Waals surface area (Å²) in [4.78, 5) is 34.4. The lowest BCUT2D eigenvalue weighted by atomic mass is 10.1. The van der Waals surface area contributed by atoms with E-state index >= 15 is 0 Å². The first-order valence-electron chi connectivity index (χ1n) is 11.0. The molecule has 34 heavy (non-hydrogen) atoms. The van der Waals surface area contributed by atoms with Crippen LogP contribution in [0, 0.1) is 0 Å². The molecule has 0 radical (unpaired) electrons. The highest BCUT2D eigenvalue weighted by molar-refractivity contribution is 8.00. The number of carbonyl (C=O) groups is 2. The van der Waals surface area contributed by atoms with Crippen LogP contribution in [-0.2, 0) is 24.3 Å². The second-order valence-electron chi connectivity index (χ2n) is 8.24. The molecule has 1 aromatic heterocycles. The highest BCUT2D eigenvalue weighted by Gasteiger charge is 2.36. The molecule has 4 rings (SSSR count). The van der Waals surface area contributed by atoms with Gasteiger partial charge in [0, 0.05) is 16.7 Å². The van der Waals surface area contributed by atoms with Crippen molar-refractivity contribution >= 4 is 45.0 Å². The molecule has 2 aliphatic carbocycles. The molecule has 0 saturated heterocycles. The number of pyridine rings is 1. The van der Waals surface area contributed by atoms with Crippen molar-refractivity contribution in [2.75, 3.05) is 11.1 Å². The van der Waals surface area contributed by atoms with E-state index in [1.807, 2.05) is 0 Å². The van der Waals surface area contributed by atoms with Gasteiger partial charge in [-0.25, -0.2) is 13.4 Å². The van der Waals surface area contributed by atoms with E-state index in [4.69, 9.17) is 9.94 Å². The van der Waals surface area contributed by atoms with Crippen molar-refractivity contribution in [3.8, 4) is 0 Å². The lowest BCUT2D eigenvalue weighted by Crippen LogP contribution is -2.25. The molecule has 0 unspecified atom stereocenters. The SMILES string of the molecule is O=C(O)CSc1ccc(NC(=O)C(=NOC2CCCC2)c2ccc(S(=O)(=O)C3CC3)cc2)nc1. The maximum absolute atomic E-state index is 13.1. The smallest absolute Gasteiger partial charge is 0.313 e. The van der Waals surface area contributed by atoms with Gasteiger partial charge < -0.3 is 15.3 Å². The monoisotopic (exact) mass is 503 g/mol. The Hall–Kier alpha value is -2.92. The Bertz CT molecular complexity index is 1170. The maximum Gasteiger partial charge on any atom is 0.313 e. The Labute approximate surface area is 201 Å². The van der Waals surface area contributed by atoms with Crippen molar-refractivity contribution in [3.05, 3.63) is 48.2 Å². The zero-order valence-corrected chi connectivity index (χ0v) is 20.0. The minimum absolute atomic E-state index is 0.0217. The Morgan fingerprint density at radius 1 is 1.09 bits per heavy atom. The molecular weight excluding hydrogens is 478 g/mol. The molecule has 1 heterocycles. The highest BCUT2D eigenvalue weighted by atomic mass is 32.2. The summed E-state index contributed by atoms with van der Waals surface area (Å²) < 4.78 is 25.0. The number of amides is 1. The third-order valence-electron chi connectivity index (χ3n) is 5.57. The highest BCUT2D eigenvalue weighted by Crippen LogP contribution is 2.33. The van der Waals surface area contributed by atoms with Crippen molar-refractivity contribution < 1.29 is 28.0 Å². The Kier molecular flexibility index (Phi) is 7.52. The second-order valence-corrected chi connectivity index (χ2v) is 11.5. The van der Waals surface area contributed by atoms with Crippen molar-refractivity contribution in [2.24, 2.45) is 5.16 Å². The summed E-state index contributed by atoms with van der Waals surface area (Å²) in [5, 5.41) is 15.3. The first kappa shape index (κ1) is 24.2. The third-order valence-corrected chi connectivity index (χ3v) is 8.81. The summed E-state index contributed by atoms with van der Waals surface area (Å²) >= 11 is 1.12. The van der Waals surface area contributed by atoms with Crippen LogP contribution in [-0.4, -0.2) is 53.2 Å². The number of hydrogen-bond acceptors (Lipinski definition) is 8. The lowest BCUT2D eigenvalue weighted by Gasteiger charge is -2.12. The molecule has 2 aromatic rings. The number of anilines is 1. The summed E-state index contributed by atoms with van der Waals surface area (Å²) in [7, 11) is -3.34. The number of sulfone groups is 1. The number of carbonyl (C=O) groups excluding carboxylic acids is 1. The number of carboxylic acid groups (broad SMARTS) is 1. The fourth-order valence-electron chi connectivity index (χ4n) is 3.58. The van der Waals surface area contributed by atoms with Crippen LogP contribution >= 0.6 is 11.8 Å². The normalized spacial score (nSPS) is 16.9. The van der Waals surface area contributed by atoms with E-state index in [2.05, 4.69) is 15.5 Å². The molecule has 2 N–H and O–H groups in total. The van der Waals surface area contributed by atoms with Gasteiger partial charge in [0.1, 0.15) is 11.9 Å². The minimum Gasteiger partial charge on any atom is -0.481 e. The van der Waals surface area contributed by atoms with E-state index in [1.54, 1.807) is 24.3 Å². The van der Waals surface area contributed by atoms with Crippen LogP contribution in [0.2, 0.25) is 0 Å². The summed E-state index contributed by atoms with van der Waals surface area (Å²) in [6.07, 6.45) is 6.61. The molecule has 0 bridgehead atoms. The minimum atomic E-state index is -3.34. The number of aromatic nitrogens is 1. The van der Waals surface area contributed by atoms with Crippen molar-refractivity contribution in [1.82, 2.24) is 4.98 Å². The van der Waals surface area contributed by atoms with Gasteiger partial charge in [-0.2, -0.15) is 0 Å². The number of oxime groups is 1. The van der Waals surface area contributed by atoms with E-state index in [0.29, 0.717) is 23.3 Å². The average molecular weight is 504 g/mol. The van der Waals surface area contributed by atoms with Gasteiger partial charge in [0.05, 0.1) is 15.9 Å². The number of nitrogens with zero attached hydrogens (tertiary/aromatic N) is 2. The summed E-state index contributed by atoms with van der Waals surface area (Å²) in [5.74, 6) is -1.29. The first-order valence-corrected chi connectivity index (χ1v) is 13.6. The predicted octanol–water partition coefficient (Wildman–Crippen LogP) is 3.50. The summed E-state index contributed by atoms with van der Waals surface area (Å²) in [6.45, 7) is 0. The fraction of sp³-hybridized carbons (Fsp3) is 0.391. The molecule has 2 saturated carbocycles. The van der Waals surface area contributed by atoms with Crippen LogP contribution in [0.15, 0.2) is 57.5 Å². The molecule has 0 atom stereocenters. The average Bonchev–Trinajstić information content (AvgIpc) is 3.57. The van der Waals surface area contributed by atoms with Gasteiger partial charge in [-0.3, -0.25) is 9.59 Å². The number of carboxylic acids is 1. The molecule has 2 fully saturated rings. The number of nitrogens with one attached hydrogen (secondary N) is 1. The molecule has 180 valence electrons. The topological polar surface area (TPSA) is 135 Å². The molecular formula is C23H25N3O6S2. The Morgan fingerprint density at radius 3 is 2.38 bits per heavy atom. The Balaban J connectivity index is 1.51. The molecule has 0 aliphatic heterocycles. The van der Waals surface area contributed by atoms with Gasteiger partial charge in [-0.05, 0) is 62.8 Å². The van der Waals surface area contributed by atoms with Crippen LogP contribution in [0.3, 0.4) is 0 Å². The van der Waals surface area contributed by atoms with E-state index in [9.17, 15) is 18.0 Å². The van der Waals surface area contributed by atoms with E-state index in [-0.39, 0.29) is 33.5 Å². The van der Waals surface area contributed by atoms with Crippen LogP contribution in [0.1, 0.15) is 44.1 Å². The van der Waals surface area contributed by atoms with Gasteiger partial charge in [-0.15, -0.1) is 11.8 Å². The van der Waals surface area contributed by atoms with Crippen molar-refractivity contribution in [3.63, 3.8) is 0 Å². The first-order chi connectivity index (χ1) is 16.3. The number of rotatable bonds is 10. The molecule has 1 amide bonds. The van der Waals surface area contributed by atoms with Crippen LogP contribution in [0.25, 0.3) is 0 Å². The molecule has 9 nitrogen and oxygen atoms in total. The van der Waals surface area contributed by atoms with Crippen LogP contribution in [0.5, 0.6) is 0 Å². The lowest BCUT2D eigenvalue weighted by molar-refractivity contribution is -0.133. The number of thioether (sulfide) groups is 1. The third kappa shape index (κ3) is 6.15. The van der Waals surface area contributed by atoms with Crippen LogP contribution in [0.4, 0.5) is 5.82 Å². The van der Waals surface area contributed by atoms with Crippen LogP contribution < -0.4 is 5.32 Å². The number of aliphatic carboxylic acids is 1. The largest absolute Gasteiger partial charge is 0.481 e. The van der Waals surface area contributed by atoms with E-state index < -0.39 is 21.7 Å². The fourth-order valence-corrected chi connectivity index (χ4v) is 5.82. The summed E-state index contributed by atoms with van der Waals surface area (Å²) in [5.41, 5.74) is 0.451. The molecule has 0 spiro atoms. The molecule has 1 aromatic carbocycles.